The molecule has 7 nitrogen and oxygen atoms in total. The summed E-state index contributed by atoms with van der Waals surface area (Å²) in [5.74, 6) is 3.97. The number of methoxy groups -OCH3 is 2. The van der Waals surface area contributed by atoms with E-state index in [0.29, 0.717) is 41.0 Å². The Hall–Kier alpha value is -4.52. The molecule has 2 aliphatic rings. The lowest BCUT2D eigenvalue weighted by Crippen LogP contribution is -2.22. The van der Waals surface area contributed by atoms with Crippen molar-refractivity contribution in [3.05, 3.63) is 127 Å². The number of hydrogen-bond donors (Lipinski definition) is 3. The van der Waals surface area contributed by atoms with E-state index in [2.05, 4.69) is 76.3 Å². The van der Waals surface area contributed by atoms with Gasteiger partial charge in [0.15, 0.2) is 11.5 Å². The first-order valence-electron chi connectivity index (χ1n) is 13.4. The van der Waals surface area contributed by atoms with Gasteiger partial charge >= 0.3 is 0 Å². The maximum absolute atomic E-state index is 6.10. The number of nitrogens with two attached hydrogens (primary N) is 1. The van der Waals surface area contributed by atoms with Crippen LogP contribution in [0.3, 0.4) is 0 Å². The molecular weight excluding hydrogens is 514 g/mol. The zero-order valence-electron chi connectivity index (χ0n) is 25.5. The number of anilines is 1. The molecule has 1 aromatic carbocycles. The summed E-state index contributed by atoms with van der Waals surface area (Å²) < 4.78 is 22.6. The third-order valence-electron chi connectivity index (χ3n) is 5.83. The van der Waals surface area contributed by atoms with E-state index in [1.165, 1.54) is 0 Å². The maximum Gasteiger partial charge on any atom is 0.184 e. The molecule has 4 N–H and O–H groups in total. The quantitative estimate of drug-likeness (QED) is 0.299. The summed E-state index contributed by atoms with van der Waals surface area (Å²) in [6.07, 6.45) is 17.9. The predicted octanol–water partition coefficient (Wildman–Crippen LogP) is 7.83. The molecule has 1 atom stereocenters. The molecule has 0 saturated heterocycles. The molecule has 0 spiro atoms. The second-order valence-electron chi connectivity index (χ2n) is 10.7. The van der Waals surface area contributed by atoms with Gasteiger partial charge in [-0.1, -0.05) is 71.7 Å². The first kappa shape index (κ1) is 32.7. The van der Waals surface area contributed by atoms with Crippen molar-refractivity contribution in [2.45, 2.75) is 46.5 Å². The van der Waals surface area contributed by atoms with Crippen molar-refractivity contribution in [3.63, 3.8) is 0 Å². The molecule has 0 saturated carbocycles. The smallest absolute Gasteiger partial charge is 0.184 e. The van der Waals surface area contributed by atoms with Gasteiger partial charge in [0, 0.05) is 30.2 Å². The van der Waals surface area contributed by atoms with Crippen LogP contribution in [0, 0.1) is 5.92 Å². The van der Waals surface area contributed by atoms with Crippen molar-refractivity contribution in [1.29, 1.82) is 0 Å². The Kier molecular flexibility index (Phi) is 12.2. The van der Waals surface area contributed by atoms with Crippen LogP contribution in [0.2, 0.25) is 0 Å². The minimum absolute atomic E-state index is 0.0704. The lowest BCUT2D eigenvalue weighted by Gasteiger charge is -2.24. The zero-order valence-corrected chi connectivity index (χ0v) is 25.5. The first-order chi connectivity index (χ1) is 19.3. The SMILES string of the molecule is C=C(C)N.C=C(N/C1=C/C=C(/OC2=CC(=C)OC=C2)C/C=C\C=C/C1C)Nc1cc(C(C)(C)C)cc(OC)c1OC. The highest BCUT2D eigenvalue weighted by Gasteiger charge is 2.21. The molecule has 1 aliphatic heterocycles. The van der Waals surface area contributed by atoms with E-state index >= 15 is 0 Å². The summed E-state index contributed by atoms with van der Waals surface area (Å²) in [6.45, 7) is 21.7. The van der Waals surface area contributed by atoms with Gasteiger partial charge in [-0.05, 0) is 47.9 Å². The molecule has 3 rings (SSSR count). The van der Waals surface area contributed by atoms with Crippen LogP contribution in [0.5, 0.6) is 11.5 Å². The van der Waals surface area contributed by atoms with Crippen LogP contribution in [0.15, 0.2) is 121 Å². The summed E-state index contributed by atoms with van der Waals surface area (Å²) in [6, 6.07) is 4.08. The fourth-order valence-corrected chi connectivity index (χ4v) is 3.73. The van der Waals surface area contributed by atoms with E-state index in [4.69, 9.17) is 24.7 Å². The van der Waals surface area contributed by atoms with Gasteiger partial charge in [0.05, 0.1) is 26.2 Å². The van der Waals surface area contributed by atoms with Crippen LogP contribution in [-0.4, -0.2) is 14.2 Å². The number of benzene rings is 1. The molecule has 0 bridgehead atoms. The summed E-state index contributed by atoms with van der Waals surface area (Å²) in [5, 5.41) is 6.81. The number of allylic oxidation sites excluding steroid dienone is 9. The Morgan fingerprint density at radius 2 is 1.78 bits per heavy atom. The highest BCUT2D eigenvalue weighted by atomic mass is 16.5. The van der Waals surface area contributed by atoms with Crippen LogP contribution in [0.25, 0.3) is 0 Å². The fourth-order valence-electron chi connectivity index (χ4n) is 3.73. The van der Waals surface area contributed by atoms with Gasteiger partial charge in [-0.3, -0.25) is 0 Å². The van der Waals surface area contributed by atoms with Gasteiger partial charge in [0.1, 0.15) is 23.1 Å². The van der Waals surface area contributed by atoms with E-state index in [9.17, 15) is 0 Å². The molecule has 220 valence electrons. The summed E-state index contributed by atoms with van der Waals surface area (Å²) in [4.78, 5) is 0. The number of nitrogens with one attached hydrogen (secondary N) is 2. The van der Waals surface area contributed by atoms with Crippen molar-refractivity contribution in [3.8, 4) is 11.5 Å². The molecule has 1 aromatic rings. The fraction of sp³-hybridized carbons (Fsp3) is 0.294. The van der Waals surface area contributed by atoms with E-state index in [0.717, 1.165) is 22.7 Å². The monoisotopic (exact) mass is 559 g/mol. The van der Waals surface area contributed by atoms with E-state index in [1.54, 1.807) is 39.6 Å². The number of hydrogen-bond acceptors (Lipinski definition) is 7. The normalized spacial score (nSPS) is 20.6. The van der Waals surface area contributed by atoms with Crippen molar-refractivity contribution >= 4 is 5.69 Å². The summed E-state index contributed by atoms with van der Waals surface area (Å²) in [5.41, 5.74) is 8.35. The van der Waals surface area contributed by atoms with Gasteiger partial charge in [-0.25, -0.2) is 0 Å². The summed E-state index contributed by atoms with van der Waals surface area (Å²) in [7, 11) is 3.27. The Morgan fingerprint density at radius 3 is 2.39 bits per heavy atom. The highest BCUT2D eigenvalue weighted by Crippen LogP contribution is 2.40. The topological polar surface area (TPSA) is 87.0 Å². The summed E-state index contributed by atoms with van der Waals surface area (Å²) >= 11 is 0. The van der Waals surface area contributed by atoms with Gasteiger partial charge in [0.2, 0.25) is 0 Å². The lowest BCUT2D eigenvalue weighted by atomic mass is 9.86. The Labute approximate surface area is 245 Å². The Bertz CT molecular complexity index is 1300. The van der Waals surface area contributed by atoms with Gasteiger partial charge in [-0.15, -0.1) is 0 Å². The lowest BCUT2D eigenvalue weighted by molar-refractivity contribution is 0.291. The highest BCUT2D eigenvalue weighted by molar-refractivity contribution is 5.67. The van der Waals surface area contributed by atoms with E-state index in [-0.39, 0.29) is 11.3 Å². The minimum Gasteiger partial charge on any atom is -0.493 e. The van der Waals surface area contributed by atoms with Gasteiger partial charge in [-0.2, -0.15) is 0 Å². The molecule has 0 amide bonds. The van der Waals surface area contributed by atoms with Crippen molar-refractivity contribution in [2.75, 3.05) is 19.5 Å². The average molecular weight is 560 g/mol. The third kappa shape index (κ3) is 10.9. The van der Waals surface area contributed by atoms with Crippen LogP contribution in [0.1, 0.15) is 46.6 Å². The van der Waals surface area contributed by atoms with Crippen LogP contribution in [-0.2, 0) is 14.9 Å². The predicted molar refractivity (Wildman–Crippen MR) is 170 cm³/mol. The maximum atomic E-state index is 6.10. The van der Waals surface area contributed by atoms with E-state index < -0.39 is 0 Å². The molecule has 1 unspecified atom stereocenters. The number of ether oxygens (including phenoxy) is 4. The molecule has 41 heavy (non-hydrogen) atoms. The van der Waals surface area contributed by atoms with Crippen molar-refractivity contribution in [2.24, 2.45) is 11.7 Å². The second kappa shape index (κ2) is 15.3. The first-order valence-corrected chi connectivity index (χ1v) is 13.4. The standard InChI is InChI=1S/C31H38N2O4.C3H7N/c1-21-12-10-9-11-13-25(37-26-16-17-36-22(2)18-26)14-15-27(21)32-23(3)33-28-19-24(31(4,5)6)20-29(34-7)30(28)35-8;1-3(2)4/h9-12,14-21,32-33H,2-3,13H2,1,4-8H3;1,4H2,2H3/b11-9-,12-10-,25-14+,27-15+;. The van der Waals surface area contributed by atoms with E-state index in [1.807, 2.05) is 30.4 Å². The van der Waals surface area contributed by atoms with Gasteiger partial charge < -0.3 is 35.3 Å². The van der Waals surface area contributed by atoms with Crippen molar-refractivity contribution < 1.29 is 18.9 Å². The zero-order chi connectivity index (χ0) is 30.6. The van der Waals surface area contributed by atoms with Gasteiger partial charge in [0.25, 0.3) is 0 Å². The molecule has 1 aliphatic carbocycles. The molecule has 0 radical (unpaired) electrons. The molecule has 0 aromatic heterocycles. The van der Waals surface area contributed by atoms with Crippen LogP contribution < -0.4 is 25.8 Å². The molecule has 7 heteroatoms. The Morgan fingerprint density at radius 1 is 1.07 bits per heavy atom. The van der Waals surface area contributed by atoms with Crippen LogP contribution >= 0.6 is 0 Å². The minimum atomic E-state index is -0.0704. The Balaban J connectivity index is 0.00000138. The average Bonchev–Trinajstić information content (AvgIpc) is 2.88. The molecular formula is C34H45N3O4. The largest absolute Gasteiger partial charge is 0.493 e. The van der Waals surface area contributed by atoms with Crippen molar-refractivity contribution in [1.82, 2.24) is 5.32 Å². The molecule has 0 fully saturated rings. The molecule has 1 heterocycles. The third-order valence-corrected chi connectivity index (χ3v) is 5.83. The second-order valence-corrected chi connectivity index (χ2v) is 10.7. The van der Waals surface area contributed by atoms with Crippen LogP contribution in [0.4, 0.5) is 5.69 Å². The number of rotatable bonds is 8.